The van der Waals surface area contributed by atoms with Crippen LogP contribution in [0.25, 0.3) is 0 Å². The van der Waals surface area contributed by atoms with Crippen molar-refractivity contribution in [2.24, 2.45) is 0 Å². The molecule has 0 spiro atoms. The van der Waals surface area contributed by atoms with Gasteiger partial charge >= 0.3 is 16.2 Å². The molecule has 0 unspecified atom stereocenters. The molecule has 1 N–H and O–H groups in total. The van der Waals surface area contributed by atoms with Crippen LogP contribution in [0.1, 0.15) is 19.3 Å². The van der Waals surface area contributed by atoms with Gasteiger partial charge in [0.2, 0.25) is 0 Å². The number of likely N-dealkylation sites (tertiary alicyclic amines) is 1. The van der Waals surface area contributed by atoms with Crippen LogP contribution in [-0.2, 0) is 10.2 Å². The predicted octanol–water partition coefficient (Wildman–Crippen LogP) is -0.0117. The highest BCUT2D eigenvalue weighted by atomic mass is 32.2. The van der Waals surface area contributed by atoms with Gasteiger partial charge in [-0.25, -0.2) is 9.52 Å². The van der Waals surface area contributed by atoms with Gasteiger partial charge in [-0.2, -0.15) is 12.7 Å². The zero-order chi connectivity index (χ0) is 11.5. The van der Waals surface area contributed by atoms with E-state index in [1.165, 1.54) is 19.0 Å². The number of amides is 2. The molecule has 0 bridgehead atoms. The van der Waals surface area contributed by atoms with Gasteiger partial charge in [-0.1, -0.05) is 0 Å². The van der Waals surface area contributed by atoms with E-state index in [2.05, 4.69) is 0 Å². The number of rotatable bonds is 2. The Balaban J connectivity index is 2.55. The van der Waals surface area contributed by atoms with Gasteiger partial charge in [-0.3, -0.25) is 0 Å². The lowest BCUT2D eigenvalue weighted by Crippen LogP contribution is -2.48. The fourth-order valence-electron chi connectivity index (χ4n) is 1.36. The van der Waals surface area contributed by atoms with Crippen molar-refractivity contribution in [2.75, 3.05) is 27.2 Å². The topological polar surface area (TPSA) is 69.7 Å². The Kier molecular flexibility index (Phi) is 3.92. The molecule has 6 nitrogen and oxygen atoms in total. The number of urea groups is 1. The van der Waals surface area contributed by atoms with E-state index in [4.69, 9.17) is 0 Å². The molecule has 1 fully saturated rings. The number of nitrogens with zero attached hydrogens (tertiary/aromatic N) is 2. The first kappa shape index (κ1) is 12.3. The zero-order valence-corrected chi connectivity index (χ0v) is 9.88. The van der Waals surface area contributed by atoms with Crippen LogP contribution in [0.15, 0.2) is 0 Å². The quantitative estimate of drug-likeness (QED) is 0.731. The Morgan fingerprint density at radius 2 is 1.73 bits per heavy atom. The van der Waals surface area contributed by atoms with Gasteiger partial charge in [0.1, 0.15) is 0 Å². The van der Waals surface area contributed by atoms with Crippen molar-refractivity contribution in [3.8, 4) is 0 Å². The van der Waals surface area contributed by atoms with Crippen molar-refractivity contribution in [1.82, 2.24) is 13.9 Å². The second-order valence-corrected chi connectivity index (χ2v) is 5.63. The molecule has 0 aromatic carbocycles. The van der Waals surface area contributed by atoms with Gasteiger partial charge in [-0.05, 0) is 19.3 Å². The fraction of sp³-hybridized carbons (Fsp3) is 0.875. The highest BCUT2D eigenvalue weighted by molar-refractivity contribution is 7.87. The monoisotopic (exact) mass is 235 g/mol. The number of piperidine rings is 1. The molecule has 0 aliphatic carbocycles. The van der Waals surface area contributed by atoms with Crippen LogP contribution in [0.5, 0.6) is 0 Å². The Morgan fingerprint density at radius 3 is 2.20 bits per heavy atom. The molecule has 7 heteroatoms. The molecule has 15 heavy (non-hydrogen) atoms. The molecule has 0 saturated carbocycles. The molecule has 2 amide bonds. The van der Waals surface area contributed by atoms with Gasteiger partial charge in [0.15, 0.2) is 0 Å². The molecule has 1 rings (SSSR count). The summed E-state index contributed by atoms with van der Waals surface area (Å²) in [7, 11) is -0.893. The van der Waals surface area contributed by atoms with Crippen LogP contribution in [0, 0.1) is 0 Å². The van der Waals surface area contributed by atoms with Crippen molar-refractivity contribution in [2.45, 2.75) is 19.3 Å². The smallest absolute Gasteiger partial charge is 0.324 e. The minimum absolute atomic E-state index is 0.525. The first-order valence-corrected chi connectivity index (χ1v) is 6.36. The molecule has 1 saturated heterocycles. The van der Waals surface area contributed by atoms with E-state index in [1.54, 1.807) is 0 Å². The Bertz CT molecular complexity index is 320. The standard InChI is InChI=1S/C8H17N3O3S/c1-10(2)15(13,14)9-8(12)11-6-4-3-5-7-11/h3-7H2,1-2H3,(H,9,12). The molecule has 0 radical (unpaired) electrons. The number of carbonyl (C=O) groups is 1. The molecule has 0 aromatic rings. The highest BCUT2D eigenvalue weighted by Gasteiger charge is 2.22. The first-order valence-electron chi connectivity index (χ1n) is 4.92. The van der Waals surface area contributed by atoms with Gasteiger partial charge in [-0.15, -0.1) is 0 Å². The molecule has 0 aromatic heterocycles. The van der Waals surface area contributed by atoms with Gasteiger partial charge in [0, 0.05) is 27.2 Å². The summed E-state index contributed by atoms with van der Waals surface area (Å²) in [6, 6.07) is -0.525. The molecular formula is C8H17N3O3S. The zero-order valence-electron chi connectivity index (χ0n) is 9.06. The maximum atomic E-state index is 11.5. The lowest BCUT2D eigenvalue weighted by molar-refractivity contribution is 0.192. The second-order valence-electron chi connectivity index (χ2n) is 3.74. The lowest BCUT2D eigenvalue weighted by atomic mass is 10.1. The van der Waals surface area contributed by atoms with Crippen molar-refractivity contribution >= 4 is 16.2 Å². The van der Waals surface area contributed by atoms with Crippen molar-refractivity contribution in [3.63, 3.8) is 0 Å². The summed E-state index contributed by atoms with van der Waals surface area (Å²) >= 11 is 0. The largest absolute Gasteiger partial charge is 0.332 e. The number of nitrogens with one attached hydrogen (secondary N) is 1. The van der Waals surface area contributed by atoms with Crippen molar-refractivity contribution in [1.29, 1.82) is 0 Å². The lowest BCUT2D eigenvalue weighted by Gasteiger charge is -2.27. The third kappa shape index (κ3) is 3.35. The van der Waals surface area contributed by atoms with E-state index in [0.717, 1.165) is 23.6 Å². The molecular weight excluding hydrogens is 218 g/mol. The molecule has 88 valence electrons. The number of carbonyl (C=O) groups excluding carboxylic acids is 1. The van der Waals surface area contributed by atoms with Crippen molar-refractivity contribution < 1.29 is 13.2 Å². The third-order valence-corrected chi connectivity index (χ3v) is 3.73. The van der Waals surface area contributed by atoms with E-state index in [9.17, 15) is 13.2 Å². The van der Waals surface area contributed by atoms with E-state index >= 15 is 0 Å². The van der Waals surface area contributed by atoms with E-state index in [1.807, 2.05) is 4.72 Å². The van der Waals surface area contributed by atoms with Crippen LogP contribution < -0.4 is 4.72 Å². The summed E-state index contributed by atoms with van der Waals surface area (Å²) in [4.78, 5) is 13.1. The Morgan fingerprint density at radius 1 is 1.20 bits per heavy atom. The van der Waals surface area contributed by atoms with Crippen LogP contribution in [0.3, 0.4) is 0 Å². The summed E-state index contributed by atoms with van der Waals surface area (Å²) in [6.45, 7) is 1.27. The van der Waals surface area contributed by atoms with Crippen LogP contribution in [-0.4, -0.2) is 50.8 Å². The molecule has 0 atom stereocenters. The van der Waals surface area contributed by atoms with E-state index in [0.29, 0.717) is 13.1 Å². The Hall–Kier alpha value is -0.820. The maximum absolute atomic E-state index is 11.5. The number of hydrogen-bond acceptors (Lipinski definition) is 3. The second kappa shape index (κ2) is 4.80. The molecule has 1 aliphatic rings. The van der Waals surface area contributed by atoms with E-state index < -0.39 is 16.2 Å². The van der Waals surface area contributed by atoms with Gasteiger partial charge in [0.25, 0.3) is 0 Å². The summed E-state index contributed by atoms with van der Waals surface area (Å²) in [5, 5.41) is 0. The third-order valence-electron chi connectivity index (χ3n) is 2.34. The van der Waals surface area contributed by atoms with Crippen LogP contribution >= 0.6 is 0 Å². The first-order chi connectivity index (χ1) is 6.93. The highest BCUT2D eigenvalue weighted by Crippen LogP contribution is 2.08. The summed E-state index contributed by atoms with van der Waals surface area (Å²) in [5.74, 6) is 0. The predicted molar refractivity (Wildman–Crippen MR) is 56.6 cm³/mol. The number of hydrogen-bond donors (Lipinski definition) is 1. The minimum atomic E-state index is -3.65. The van der Waals surface area contributed by atoms with E-state index in [-0.39, 0.29) is 0 Å². The van der Waals surface area contributed by atoms with Crippen molar-refractivity contribution in [3.05, 3.63) is 0 Å². The van der Waals surface area contributed by atoms with Gasteiger partial charge in [0.05, 0.1) is 0 Å². The summed E-state index contributed by atoms with van der Waals surface area (Å²) < 4.78 is 25.7. The Labute approximate surface area is 90.4 Å². The SMILES string of the molecule is CN(C)S(=O)(=O)NC(=O)N1CCCCC1. The summed E-state index contributed by atoms with van der Waals surface area (Å²) in [5.41, 5.74) is 0. The normalized spacial score (nSPS) is 17.9. The average molecular weight is 235 g/mol. The van der Waals surface area contributed by atoms with Crippen LogP contribution in [0.2, 0.25) is 0 Å². The maximum Gasteiger partial charge on any atom is 0.332 e. The van der Waals surface area contributed by atoms with Gasteiger partial charge < -0.3 is 4.90 Å². The van der Waals surface area contributed by atoms with Crippen LogP contribution in [0.4, 0.5) is 4.79 Å². The average Bonchev–Trinajstić information content (AvgIpc) is 2.18. The minimum Gasteiger partial charge on any atom is -0.324 e. The molecule has 1 aliphatic heterocycles. The summed E-state index contributed by atoms with van der Waals surface area (Å²) in [6.07, 6.45) is 2.98. The molecule has 1 heterocycles. The fourth-order valence-corrected chi connectivity index (χ4v) is 1.90.